The minimum atomic E-state index is -0.817. The van der Waals surface area contributed by atoms with E-state index in [-0.39, 0.29) is 0 Å². The maximum atomic E-state index is 12.8. The van der Waals surface area contributed by atoms with E-state index in [9.17, 15) is 9.59 Å². The number of carbonyl (C=O) groups is 2. The van der Waals surface area contributed by atoms with Gasteiger partial charge in [0.1, 0.15) is 17.4 Å². The molecule has 8 heteroatoms. The number of rotatable bonds is 16. The number of ether oxygens (including phenoxy) is 3. The van der Waals surface area contributed by atoms with E-state index in [1.165, 1.54) is 9.78 Å². The molecule has 1 N–H and O–H groups in total. The summed E-state index contributed by atoms with van der Waals surface area (Å²) in [6.45, 7) is 6.28. The van der Waals surface area contributed by atoms with Gasteiger partial charge in [-0.05, 0) is 93.5 Å². The third-order valence-electron chi connectivity index (χ3n) is 6.21. The number of thiophene rings is 1. The molecule has 3 rings (SSSR count). The van der Waals surface area contributed by atoms with Crippen molar-refractivity contribution in [2.75, 3.05) is 19.5 Å². The van der Waals surface area contributed by atoms with E-state index in [1.54, 1.807) is 43.9 Å². The first-order chi connectivity index (χ1) is 20.7. The normalized spacial score (nSPS) is 12.6. The highest BCUT2D eigenvalue weighted by atomic mass is 32.2. The van der Waals surface area contributed by atoms with Gasteiger partial charge in [0.25, 0.3) is 0 Å². The quantitative estimate of drug-likeness (QED) is 0.0979. The van der Waals surface area contributed by atoms with Gasteiger partial charge in [0.15, 0.2) is 0 Å². The molecular formula is C35H43NO5S2. The lowest BCUT2D eigenvalue weighted by Gasteiger charge is -2.23. The smallest absolute Gasteiger partial charge is 0.408 e. The number of alkyl carbamates (subject to hydrolysis) is 1. The molecule has 0 aliphatic heterocycles. The van der Waals surface area contributed by atoms with Crippen LogP contribution in [0.25, 0.3) is 11.0 Å². The van der Waals surface area contributed by atoms with E-state index < -0.39 is 23.7 Å². The summed E-state index contributed by atoms with van der Waals surface area (Å²) in [4.78, 5) is 27.6. The van der Waals surface area contributed by atoms with E-state index in [2.05, 4.69) is 59.4 Å². The molecule has 0 aliphatic carbocycles. The van der Waals surface area contributed by atoms with Crippen molar-refractivity contribution in [3.8, 4) is 5.75 Å². The number of allylic oxidation sites excluding steroid dienone is 2. The fraction of sp³-hybridized carbons (Fsp3) is 0.371. The highest BCUT2D eigenvalue weighted by Gasteiger charge is 2.25. The van der Waals surface area contributed by atoms with Crippen molar-refractivity contribution in [2.45, 2.75) is 64.5 Å². The van der Waals surface area contributed by atoms with Crippen LogP contribution in [-0.2, 0) is 20.7 Å². The predicted octanol–water partition coefficient (Wildman–Crippen LogP) is 8.78. The summed E-state index contributed by atoms with van der Waals surface area (Å²) >= 11 is 3.50. The van der Waals surface area contributed by atoms with Crippen LogP contribution in [0.15, 0.2) is 84.3 Å². The molecule has 0 saturated heterocycles. The largest absolute Gasteiger partial charge is 0.494 e. The van der Waals surface area contributed by atoms with Gasteiger partial charge >= 0.3 is 12.1 Å². The second kappa shape index (κ2) is 18.2. The third kappa shape index (κ3) is 13.6. The lowest BCUT2D eigenvalue weighted by atomic mass is 10.1. The number of esters is 1. The van der Waals surface area contributed by atoms with Crippen molar-refractivity contribution in [3.63, 3.8) is 0 Å². The van der Waals surface area contributed by atoms with Crippen LogP contribution >= 0.6 is 23.1 Å². The Kier molecular flexibility index (Phi) is 14.4. The molecule has 43 heavy (non-hydrogen) atoms. The molecular weight excluding hydrogens is 579 g/mol. The summed E-state index contributed by atoms with van der Waals surface area (Å²) in [6, 6.07) is 21.0. The van der Waals surface area contributed by atoms with Crippen LogP contribution in [0.3, 0.4) is 0 Å². The summed E-state index contributed by atoms with van der Waals surface area (Å²) in [5.41, 5.74) is 1.39. The van der Waals surface area contributed by atoms with Crippen LogP contribution in [0.4, 0.5) is 4.79 Å². The Hall–Kier alpha value is -3.49. The minimum absolute atomic E-state index is 0.302. The van der Waals surface area contributed by atoms with Gasteiger partial charge in [-0.15, -0.1) is 23.1 Å². The topological polar surface area (TPSA) is 73.9 Å². The van der Waals surface area contributed by atoms with Crippen LogP contribution < -0.4 is 10.1 Å². The zero-order valence-corrected chi connectivity index (χ0v) is 27.2. The summed E-state index contributed by atoms with van der Waals surface area (Å²) in [5, 5.41) is 4.77. The first kappa shape index (κ1) is 34.0. The first-order valence-electron chi connectivity index (χ1n) is 14.6. The Morgan fingerprint density at radius 3 is 2.30 bits per heavy atom. The van der Waals surface area contributed by atoms with Crippen LogP contribution in [0.1, 0.15) is 62.5 Å². The number of carbonyl (C=O) groups excluding carboxylic acids is 2. The minimum Gasteiger partial charge on any atom is -0.494 e. The van der Waals surface area contributed by atoms with Crippen LogP contribution in [-0.4, -0.2) is 43.2 Å². The van der Waals surface area contributed by atoms with Gasteiger partial charge in [-0.25, -0.2) is 9.59 Å². The van der Waals surface area contributed by atoms with Gasteiger partial charge in [0, 0.05) is 16.2 Å². The number of nitrogens with one attached hydrogen (secondary N) is 1. The Morgan fingerprint density at radius 1 is 0.930 bits per heavy atom. The number of hydrogen-bond donors (Lipinski definition) is 1. The number of benzene rings is 2. The maximum absolute atomic E-state index is 12.8. The van der Waals surface area contributed by atoms with Gasteiger partial charge < -0.3 is 19.5 Å². The molecule has 0 bridgehead atoms. The summed E-state index contributed by atoms with van der Waals surface area (Å²) < 4.78 is 16.7. The molecule has 1 unspecified atom stereocenters. The van der Waals surface area contributed by atoms with Crippen molar-refractivity contribution in [2.24, 2.45) is 0 Å². The average molecular weight is 622 g/mol. The van der Waals surface area contributed by atoms with Crippen LogP contribution in [0, 0.1) is 0 Å². The second-order valence-electron chi connectivity index (χ2n) is 11.0. The molecule has 0 radical (unpaired) electrons. The van der Waals surface area contributed by atoms with Gasteiger partial charge in [0.2, 0.25) is 0 Å². The SMILES string of the molecule is CS/C(=C\C=C\c1ccc(OCCCCCCOC(=O)C(Cc2ccccc2)NC(=O)OC(C)(C)C)cc1)c1cccs1. The molecule has 2 aromatic carbocycles. The van der Waals surface area contributed by atoms with Gasteiger partial charge in [-0.1, -0.05) is 60.7 Å². The van der Waals surface area contributed by atoms with E-state index >= 15 is 0 Å². The number of thioether (sulfide) groups is 1. The molecule has 6 nitrogen and oxygen atoms in total. The molecule has 0 saturated carbocycles. The second-order valence-corrected chi connectivity index (χ2v) is 12.8. The van der Waals surface area contributed by atoms with E-state index in [1.807, 2.05) is 42.5 Å². The number of hydrogen-bond acceptors (Lipinski definition) is 7. The third-order valence-corrected chi connectivity index (χ3v) is 8.04. The van der Waals surface area contributed by atoms with E-state index in [0.29, 0.717) is 19.6 Å². The van der Waals surface area contributed by atoms with E-state index in [0.717, 1.165) is 42.6 Å². The Balaban J connectivity index is 1.33. The zero-order chi connectivity index (χ0) is 30.9. The lowest BCUT2D eigenvalue weighted by molar-refractivity contribution is -0.146. The molecule has 0 fully saturated rings. The standard InChI is InChI=1S/C35H43NO5S2/c1-35(2,3)41-34(38)36-30(26-28-14-8-7-9-15-28)33(37)40-24-11-6-5-10-23-39-29-21-19-27(20-22-29)16-12-17-31(42-4)32-18-13-25-43-32/h7-9,12-22,25,30H,5-6,10-11,23-24,26H2,1-4H3,(H,36,38)/b16-12+,31-17-. The molecule has 1 atom stereocenters. The van der Waals surface area contributed by atoms with E-state index in [4.69, 9.17) is 14.2 Å². The van der Waals surface area contributed by atoms with Crippen molar-refractivity contribution >= 4 is 46.1 Å². The highest BCUT2D eigenvalue weighted by molar-refractivity contribution is 8.07. The average Bonchev–Trinajstić information content (AvgIpc) is 3.51. The number of unbranched alkanes of at least 4 members (excludes halogenated alkanes) is 3. The molecule has 1 amide bonds. The van der Waals surface area contributed by atoms with Crippen molar-refractivity contribution in [3.05, 3.63) is 100 Å². The summed E-state index contributed by atoms with van der Waals surface area (Å²) in [6.07, 6.45) is 11.7. The van der Waals surface area contributed by atoms with Gasteiger partial charge in [-0.3, -0.25) is 0 Å². The van der Waals surface area contributed by atoms with Crippen LogP contribution in [0.5, 0.6) is 5.75 Å². The number of amides is 1. The van der Waals surface area contributed by atoms with Crippen LogP contribution in [0.2, 0.25) is 0 Å². The fourth-order valence-corrected chi connectivity index (χ4v) is 5.63. The first-order valence-corrected chi connectivity index (χ1v) is 16.7. The monoisotopic (exact) mass is 621 g/mol. The zero-order valence-electron chi connectivity index (χ0n) is 25.5. The van der Waals surface area contributed by atoms with Gasteiger partial charge in [0.05, 0.1) is 13.2 Å². The predicted molar refractivity (Wildman–Crippen MR) is 180 cm³/mol. The fourth-order valence-electron chi connectivity index (χ4n) is 4.11. The Bertz CT molecular complexity index is 1300. The summed E-state index contributed by atoms with van der Waals surface area (Å²) in [7, 11) is 0. The summed E-state index contributed by atoms with van der Waals surface area (Å²) in [5.74, 6) is 0.395. The van der Waals surface area contributed by atoms with Gasteiger partial charge in [-0.2, -0.15) is 0 Å². The van der Waals surface area contributed by atoms with Crippen molar-refractivity contribution in [1.82, 2.24) is 5.32 Å². The molecule has 0 aliphatic rings. The van der Waals surface area contributed by atoms with Crippen molar-refractivity contribution < 1.29 is 23.8 Å². The molecule has 1 heterocycles. The lowest BCUT2D eigenvalue weighted by Crippen LogP contribution is -2.45. The Labute approximate surface area is 264 Å². The molecule has 3 aromatic rings. The Morgan fingerprint density at radius 2 is 1.65 bits per heavy atom. The molecule has 230 valence electrons. The van der Waals surface area contributed by atoms with Crippen molar-refractivity contribution in [1.29, 1.82) is 0 Å². The molecule has 1 aromatic heterocycles. The highest BCUT2D eigenvalue weighted by Crippen LogP contribution is 2.29. The molecule has 0 spiro atoms. The maximum Gasteiger partial charge on any atom is 0.408 e.